The van der Waals surface area contributed by atoms with E-state index in [0.717, 1.165) is 21.1 Å². The topological polar surface area (TPSA) is 110 Å². The molecule has 1 aliphatic rings. The molecule has 0 saturated carbocycles. The first-order valence-electron chi connectivity index (χ1n) is 9.05. The van der Waals surface area contributed by atoms with Gasteiger partial charge in [-0.2, -0.15) is 0 Å². The summed E-state index contributed by atoms with van der Waals surface area (Å²) in [6.45, 7) is 1.16. The van der Waals surface area contributed by atoms with Crippen LogP contribution in [0.5, 0.6) is 5.75 Å². The number of nitrogens with one attached hydrogen (secondary N) is 1. The van der Waals surface area contributed by atoms with Crippen LogP contribution in [0.1, 0.15) is 0 Å². The van der Waals surface area contributed by atoms with Gasteiger partial charge in [0.1, 0.15) is 5.75 Å². The normalized spacial score (nSPS) is 14.1. The largest absolute Gasteiger partial charge is 0.497 e. The highest BCUT2D eigenvalue weighted by atomic mass is 32.1. The highest BCUT2D eigenvalue weighted by molar-refractivity contribution is 7.22. The smallest absolute Gasteiger partial charge is 0.270 e. The zero-order valence-electron chi connectivity index (χ0n) is 15.7. The molecule has 2 aromatic carbocycles. The van der Waals surface area contributed by atoms with Gasteiger partial charge in [-0.15, -0.1) is 0 Å². The van der Waals surface area contributed by atoms with Crippen LogP contribution in [0.2, 0.25) is 0 Å². The van der Waals surface area contributed by atoms with E-state index in [2.05, 4.69) is 20.2 Å². The summed E-state index contributed by atoms with van der Waals surface area (Å²) in [5.74, 6) is 0.523. The second-order valence-corrected chi connectivity index (χ2v) is 8.89. The first-order chi connectivity index (χ1) is 14.5. The van der Waals surface area contributed by atoms with Crippen LogP contribution in [0.4, 0.5) is 16.0 Å². The molecule has 152 valence electrons. The number of carbonyl (C=O) groups excluding carboxylic acids is 1. The zero-order chi connectivity index (χ0) is 20.8. The van der Waals surface area contributed by atoms with Crippen molar-refractivity contribution in [3.8, 4) is 5.75 Å². The van der Waals surface area contributed by atoms with Crippen molar-refractivity contribution < 1.29 is 14.5 Å². The van der Waals surface area contributed by atoms with Gasteiger partial charge in [0.2, 0.25) is 5.91 Å². The Morgan fingerprint density at radius 2 is 1.90 bits per heavy atom. The van der Waals surface area contributed by atoms with Crippen molar-refractivity contribution in [2.75, 3.05) is 30.4 Å². The molecule has 0 radical (unpaired) electrons. The number of benzene rings is 2. The first-order valence-corrected chi connectivity index (χ1v) is 10.7. The van der Waals surface area contributed by atoms with E-state index in [4.69, 9.17) is 4.74 Å². The molecule has 0 aliphatic carbocycles. The number of nitro groups is 1. The molecule has 4 aromatic rings. The Morgan fingerprint density at radius 1 is 1.17 bits per heavy atom. The highest BCUT2D eigenvalue weighted by Crippen LogP contribution is 2.35. The van der Waals surface area contributed by atoms with Crippen LogP contribution in [0.15, 0.2) is 36.4 Å². The van der Waals surface area contributed by atoms with Crippen molar-refractivity contribution in [1.82, 2.24) is 9.97 Å². The van der Waals surface area contributed by atoms with Gasteiger partial charge >= 0.3 is 0 Å². The number of carbonyl (C=O) groups is 1. The Hall–Kier alpha value is -3.31. The summed E-state index contributed by atoms with van der Waals surface area (Å²) in [5, 5.41) is 15.1. The lowest BCUT2D eigenvalue weighted by molar-refractivity contribution is -0.384. The van der Waals surface area contributed by atoms with Crippen LogP contribution in [0, 0.1) is 16.0 Å². The molecule has 0 atom stereocenters. The molecule has 1 N–H and O–H groups in total. The summed E-state index contributed by atoms with van der Waals surface area (Å²) in [6.07, 6.45) is 0. The van der Waals surface area contributed by atoms with E-state index < -0.39 is 4.92 Å². The van der Waals surface area contributed by atoms with Gasteiger partial charge in [0.05, 0.1) is 38.4 Å². The molecule has 1 aliphatic heterocycles. The molecule has 0 spiro atoms. The van der Waals surface area contributed by atoms with Gasteiger partial charge in [0, 0.05) is 25.2 Å². The van der Waals surface area contributed by atoms with Gasteiger partial charge < -0.3 is 15.0 Å². The number of thiazole rings is 2. The predicted molar refractivity (Wildman–Crippen MR) is 117 cm³/mol. The Labute approximate surface area is 178 Å². The Bertz CT molecular complexity index is 1290. The summed E-state index contributed by atoms with van der Waals surface area (Å²) >= 11 is 2.80. The fourth-order valence-corrected chi connectivity index (χ4v) is 5.16. The second-order valence-electron chi connectivity index (χ2n) is 6.85. The molecule has 1 fully saturated rings. The fraction of sp³-hybridized carbons (Fsp3) is 0.211. The molecule has 1 amide bonds. The monoisotopic (exact) mass is 441 g/mol. The minimum atomic E-state index is -0.446. The lowest BCUT2D eigenvalue weighted by Crippen LogP contribution is -2.52. The average Bonchev–Trinajstić information content (AvgIpc) is 3.28. The first kappa shape index (κ1) is 18.7. The summed E-state index contributed by atoms with van der Waals surface area (Å²) < 4.78 is 6.96. The lowest BCUT2D eigenvalue weighted by atomic mass is 10.0. The second kappa shape index (κ2) is 7.18. The third kappa shape index (κ3) is 3.31. The van der Waals surface area contributed by atoms with E-state index in [1.165, 1.54) is 23.5 Å². The maximum atomic E-state index is 12.6. The van der Waals surface area contributed by atoms with Crippen LogP contribution in [0.3, 0.4) is 0 Å². The number of fused-ring (bicyclic) bond motifs is 2. The van der Waals surface area contributed by atoms with Gasteiger partial charge in [-0.05, 0) is 24.3 Å². The van der Waals surface area contributed by atoms with Crippen molar-refractivity contribution >= 4 is 65.0 Å². The molecular weight excluding hydrogens is 426 g/mol. The minimum absolute atomic E-state index is 0.00659. The van der Waals surface area contributed by atoms with Gasteiger partial charge in [0.15, 0.2) is 10.3 Å². The number of anilines is 2. The van der Waals surface area contributed by atoms with Crippen LogP contribution < -0.4 is 15.0 Å². The van der Waals surface area contributed by atoms with Crippen LogP contribution >= 0.6 is 22.7 Å². The average molecular weight is 441 g/mol. The number of nitro benzene ring substituents is 1. The number of rotatable bonds is 5. The van der Waals surface area contributed by atoms with E-state index in [9.17, 15) is 14.9 Å². The molecule has 3 heterocycles. The third-order valence-electron chi connectivity index (χ3n) is 4.92. The summed E-state index contributed by atoms with van der Waals surface area (Å²) in [5.41, 5.74) is 1.54. The molecular formula is C19H15N5O4S2. The highest BCUT2D eigenvalue weighted by Gasteiger charge is 2.34. The van der Waals surface area contributed by atoms with Crippen molar-refractivity contribution in [2.24, 2.45) is 5.92 Å². The van der Waals surface area contributed by atoms with Crippen molar-refractivity contribution in [3.63, 3.8) is 0 Å². The number of nitrogens with zero attached hydrogens (tertiary/aromatic N) is 4. The number of methoxy groups -OCH3 is 1. The van der Waals surface area contributed by atoms with E-state index >= 15 is 0 Å². The predicted octanol–water partition coefficient (Wildman–Crippen LogP) is 3.90. The lowest BCUT2D eigenvalue weighted by Gasteiger charge is -2.37. The van der Waals surface area contributed by atoms with Gasteiger partial charge in [-0.1, -0.05) is 22.7 Å². The van der Waals surface area contributed by atoms with Crippen LogP contribution in [-0.4, -0.2) is 41.0 Å². The Morgan fingerprint density at radius 3 is 2.67 bits per heavy atom. The number of hydrogen-bond acceptors (Lipinski definition) is 9. The minimum Gasteiger partial charge on any atom is -0.497 e. The molecule has 0 unspecified atom stereocenters. The Kier molecular flexibility index (Phi) is 4.48. The summed E-state index contributed by atoms with van der Waals surface area (Å²) in [4.78, 5) is 34.1. The molecule has 30 heavy (non-hydrogen) atoms. The van der Waals surface area contributed by atoms with Gasteiger partial charge in [-0.3, -0.25) is 14.9 Å². The quantitative estimate of drug-likeness (QED) is 0.369. The van der Waals surface area contributed by atoms with Crippen molar-refractivity contribution in [1.29, 1.82) is 0 Å². The number of hydrogen-bond donors (Lipinski definition) is 1. The van der Waals surface area contributed by atoms with E-state index in [-0.39, 0.29) is 17.5 Å². The third-order valence-corrected chi connectivity index (χ3v) is 6.93. The van der Waals surface area contributed by atoms with E-state index in [1.807, 2.05) is 18.2 Å². The Balaban J connectivity index is 1.24. The summed E-state index contributed by atoms with van der Waals surface area (Å²) in [6, 6.07) is 10.2. The van der Waals surface area contributed by atoms with Gasteiger partial charge in [-0.25, -0.2) is 9.97 Å². The molecule has 1 saturated heterocycles. The zero-order valence-corrected chi connectivity index (χ0v) is 17.3. The number of amides is 1. The van der Waals surface area contributed by atoms with Crippen LogP contribution in [-0.2, 0) is 4.79 Å². The molecule has 2 aromatic heterocycles. The van der Waals surface area contributed by atoms with E-state index in [0.29, 0.717) is 28.4 Å². The fourth-order valence-electron chi connectivity index (χ4n) is 3.24. The molecule has 0 bridgehead atoms. The van der Waals surface area contributed by atoms with Crippen molar-refractivity contribution in [3.05, 3.63) is 46.5 Å². The van der Waals surface area contributed by atoms with Gasteiger partial charge in [0.25, 0.3) is 5.69 Å². The molecule has 11 heteroatoms. The number of ether oxygens (including phenoxy) is 1. The molecule has 9 nitrogen and oxygen atoms in total. The number of non-ortho nitro benzene ring substituents is 1. The maximum absolute atomic E-state index is 12.6. The SMILES string of the molecule is COc1ccc2nc(N3CC(C(=O)Nc4nc5ccc([N+](=O)[O-])cc5s4)C3)sc2c1. The van der Waals surface area contributed by atoms with Crippen LogP contribution in [0.25, 0.3) is 20.4 Å². The maximum Gasteiger partial charge on any atom is 0.270 e. The van der Waals surface area contributed by atoms with Crippen molar-refractivity contribution in [2.45, 2.75) is 0 Å². The molecule has 5 rings (SSSR count). The standard InChI is InChI=1S/C19H15N5O4S2/c1-28-12-3-5-14-16(7-12)30-19(21-14)23-8-10(9-23)17(25)22-18-20-13-4-2-11(24(26)27)6-15(13)29-18/h2-7,10H,8-9H2,1H3,(H,20,22,25). The van der Waals surface area contributed by atoms with E-state index in [1.54, 1.807) is 24.5 Å². The summed E-state index contributed by atoms with van der Waals surface area (Å²) in [7, 11) is 1.63. The number of aromatic nitrogens is 2.